The summed E-state index contributed by atoms with van der Waals surface area (Å²) in [5.74, 6) is 1.98. The van der Waals surface area contributed by atoms with Crippen LogP contribution in [0.3, 0.4) is 0 Å². The van der Waals surface area contributed by atoms with E-state index in [1.807, 2.05) is 36.4 Å². The fourth-order valence-electron chi connectivity index (χ4n) is 2.86. The summed E-state index contributed by atoms with van der Waals surface area (Å²) >= 11 is 6.73. The van der Waals surface area contributed by atoms with Crippen molar-refractivity contribution in [1.82, 2.24) is 0 Å². The normalized spacial score (nSPS) is 16.9. The van der Waals surface area contributed by atoms with Gasteiger partial charge in [0.15, 0.2) is 15.8 Å². The van der Waals surface area contributed by atoms with E-state index in [-0.39, 0.29) is 12.7 Å². The van der Waals surface area contributed by atoms with Crippen LogP contribution >= 0.6 is 24.0 Å². The average molecular weight is 414 g/mol. The molecule has 5 nitrogen and oxygen atoms in total. The fraction of sp³-hybridized carbons (Fsp3) is 0.238. The topological polar surface area (TPSA) is 48.0 Å². The zero-order chi connectivity index (χ0) is 19.5. The van der Waals surface area contributed by atoms with E-state index in [4.69, 9.17) is 26.4 Å². The van der Waals surface area contributed by atoms with E-state index in [9.17, 15) is 4.79 Å². The highest BCUT2D eigenvalue weighted by molar-refractivity contribution is 8.27. The predicted molar refractivity (Wildman–Crippen MR) is 115 cm³/mol. The number of benzene rings is 2. The second kappa shape index (κ2) is 8.24. The van der Waals surface area contributed by atoms with Crippen LogP contribution in [0, 0.1) is 0 Å². The van der Waals surface area contributed by atoms with E-state index in [1.165, 1.54) is 16.7 Å². The third-order valence-electron chi connectivity index (χ3n) is 4.35. The Labute approximate surface area is 173 Å². The number of thioether (sulfide) groups is 1. The van der Waals surface area contributed by atoms with Crippen LogP contribution in [0.15, 0.2) is 47.4 Å². The van der Waals surface area contributed by atoms with Gasteiger partial charge in [-0.15, -0.1) is 0 Å². The number of fused-ring (bicyclic) bond motifs is 1. The maximum Gasteiger partial charge on any atom is 0.270 e. The molecule has 0 aromatic heterocycles. The molecule has 0 radical (unpaired) electrons. The van der Waals surface area contributed by atoms with Crippen molar-refractivity contribution in [2.45, 2.75) is 19.8 Å². The first kappa shape index (κ1) is 18.8. The number of unbranched alkanes of at least 4 members (excludes halogenated alkanes) is 1. The zero-order valence-electron chi connectivity index (χ0n) is 15.3. The van der Waals surface area contributed by atoms with Crippen molar-refractivity contribution in [1.29, 1.82) is 0 Å². The van der Waals surface area contributed by atoms with Gasteiger partial charge in [0, 0.05) is 6.07 Å². The molecule has 4 rings (SSSR count). The van der Waals surface area contributed by atoms with E-state index < -0.39 is 0 Å². The number of carbonyl (C=O) groups excluding carboxylic acids is 1. The van der Waals surface area contributed by atoms with Gasteiger partial charge in [-0.3, -0.25) is 9.69 Å². The minimum absolute atomic E-state index is 0.142. The number of amides is 1. The maximum atomic E-state index is 12.9. The van der Waals surface area contributed by atoms with Crippen molar-refractivity contribution >= 4 is 46.0 Å². The van der Waals surface area contributed by atoms with Gasteiger partial charge in [-0.05, 0) is 42.3 Å². The van der Waals surface area contributed by atoms with E-state index in [0.29, 0.717) is 33.0 Å². The zero-order valence-corrected chi connectivity index (χ0v) is 17.0. The Morgan fingerprint density at radius 3 is 2.75 bits per heavy atom. The molecule has 2 aliphatic heterocycles. The Kier molecular flexibility index (Phi) is 5.54. The Balaban J connectivity index is 1.50. The highest BCUT2D eigenvalue weighted by Gasteiger charge is 2.34. The van der Waals surface area contributed by atoms with E-state index in [2.05, 4.69) is 6.92 Å². The van der Waals surface area contributed by atoms with Gasteiger partial charge in [0.2, 0.25) is 6.79 Å². The van der Waals surface area contributed by atoms with Crippen molar-refractivity contribution in [3.05, 3.63) is 52.9 Å². The first-order valence-corrected chi connectivity index (χ1v) is 10.3. The molecule has 0 bridgehead atoms. The van der Waals surface area contributed by atoms with Crippen LogP contribution in [0.1, 0.15) is 25.3 Å². The Morgan fingerprint density at radius 2 is 1.96 bits per heavy atom. The van der Waals surface area contributed by atoms with Crippen molar-refractivity contribution in [2.24, 2.45) is 0 Å². The quantitative estimate of drug-likeness (QED) is 0.377. The van der Waals surface area contributed by atoms with Crippen LogP contribution in [0.4, 0.5) is 5.69 Å². The smallest absolute Gasteiger partial charge is 0.270 e. The highest BCUT2D eigenvalue weighted by atomic mass is 32.2. The summed E-state index contributed by atoms with van der Waals surface area (Å²) in [7, 11) is 0. The van der Waals surface area contributed by atoms with E-state index in [0.717, 1.165) is 24.2 Å². The van der Waals surface area contributed by atoms with E-state index >= 15 is 0 Å². The molecule has 1 saturated heterocycles. The molecule has 2 aromatic rings. The van der Waals surface area contributed by atoms with Crippen molar-refractivity contribution in [3.63, 3.8) is 0 Å². The summed E-state index contributed by atoms with van der Waals surface area (Å²) in [5, 5.41) is 0. The van der Waals surface area contributed by atoms with E-state index in [1.54, 1.807) is 12.1 Å². The summed E-state index contributed by atoms with van der Waals surface area (Å²) in [6.45, 7) is 3.03. The number of hydrogen-bond donors (Lipinski definition) is 0. The molecule has 144 valence electrons. The van der Waals surface area contributed by atoms with Crippen LogP contribution in [0.5, 0.6) is 17.2 Å². The summed E-state index contributed by atoms with van der Waals surface area (Å²) in [6.07, 6.45) is 3.98. The molecule has 0 saturated carbocycles. The SMILES string of the molecule is CCCCOc1ccc(/C=C2\SC(=S)N(c3ccc4c(c3)OCO4)C2=O)cc1. The molecule has 7 heteroatoms. The number of ether oxygens (including phenoxy) is 3. The van der Waals surface area contributed by atoms with Crippen molar-refractivity contribution in [3.8, 4) is 17.2 Å². The van der Waals surface area contributed by atoms with Gasteiger partial charge in [-0.25, -0.2) is 0 Å². The molecule has 2 aromatic carbocycles. The second-order valence-electron chi connectivity index (χ2n) is 6.33. The average Bonchev–Trinajstić information content (AvgIpc) is 3.27. The lowest BCUT2D eigenvalue weighted by Gasteiger charge is -2.14. The second-order valence-corrected chi connectivity index (χ2v) is 8.00. The first-order chi connectivity index (χ1) is 13.7. The van der Waals surface area contributed by atoms with Crippen molar-refractivity contribution in [2.75, 3.05) is 18.3 Å². The largest absolute Gasteiger partial charge is 0.494 e. The Bertz CT molecular complexity index is 940. The summed E-state index contributed by atoms with van der Waals surface area (Å²) < 4.78 is 16.9. The van der Waals surface area contributed by atoms with Gasteiger partial charge in [0.1, 0.15) is 5.75 Å². The molecule has 0 aliphatic carbocycles. The van der Waals surface area contributed by atoms with Crippen LogP contribution < -0.4 is 19.1 Å². The van der Waals surface area contributed by atoms with Crippen molar-refractivity contribution < 1.29 is 19.0 Å². The number of rotatable bonds is 6. The molecule has 0 atom stereocenters. The van der Waals surface area contributed by atoms with Gasteiger partial charge in [0.05, 0.1) is 17.2 Å². The lowest BCUT2D eigenvalue weighted by atomic mass is 10.2. The summed E-state index contributed by atoms with van der Waals surface area (Å²) in [6, 6.07) is 13.1. The van der Waals surface area contributed by atoms with Crippen LogP contribution in [-0.2, 0) is 4.79 Å². The number of carbonyl (C=O) groups is 1. The lowest BCUT2D eigenvalue weighted by Crippen LogP contribution is -2.27. The molecular formula is C21H19NO4S2. The summed E-state index contributed by atoms with van der Waals surface area (Å²) in [5.41, 5.74) is 1.60. The molecular weight excluding hydrogens is 394 g/mol. The Hall–Kier alpha value is -2.51. The predicted octanol–water partition coefficient (Wildman–Crippen LogP) is 5.00. The Morgan fingerprint density at radius 1 is 1.18 bits per heavy atom. The minimum atomic E-state index is -0.142. The molecule has 2 aliphatic rings. The lowest BCUT2D eigenvalue weighted by molar-refractivity contribution is -0.113. The molecule has 1 fully saturated rings. The number of nitrogens with zero attached hydrogens (tertiary/aromatic N) is 1. The molecule has 1 amide bonds. The van der Waals surface area contributed by atoms with Gasteiger partial charge in [-0.2, -0.15) is 0 Å². The fourth-order valence-corrected chi connectivity index (χ4v) is 4.16. The number of thiocarbonyl (C=S) groups is 1. The highest BCUT2D eigenvalue weighted by Crippen LogP contribution is 2.40. The van der Waals surface area contributed by atoms with Gasteiger partial charge in [0.25, 0.3) is 5.91 Å². The molecule has 0 unspecified atom stereocenters. The van der Waals surface area contributed by atoms with Crippen LogP contribution in [-0.4, -0.2) is 23.6 Å². The maximum absolute atomic E-state index is 12.9. The van der Waals surface area contributed by atoms with Gasteiger partial charge < -0.3 is 14.2 Å². The third kappa shape index (κ3) is 3.86. The van der Waals surface area contributed by atoms with Crippen LogP contribution in [0.25, 0.3) is 6.08 Å². The van der Waals surface area contributed by atoms with Gasteiger partial charge >= 0.3 is 0 Å². The van der Waals surface area contributed by atoms with Crippen LogP contribution in [0.2, 0.25) is 0 Å². The number of anilines is 1. The van der Waals surface area contributed by atoms with Gasteiger partial charge in [-0.1, -0.05) is 49.5 Å². The first-order valence-electron chi connectivity index (χ1n) is 9.06. The summed E-state index contributed by atoms with van der Waals surface area (Å²) in [4.78, 5) is 15.0. The monoisotopic (exact) mass is 413 g/mol. The number of hydrogen-bond acceptors (Lipinski definition) is 6. The molecule has 0 spiro atoms. The molecule has 28 heavy (non-hydrogen) atoms. The minimum Gasteiger partial charge on any atom is -0.494 e. The molecule has 2 heterocycles. The third-order valence-corrected chi connectivity index (χ3v) is 5.65. The standard InChI is InChI=1S/C21H19NO4S2/c1-2-3-10-24-16-7-4-14(5-8-16)11-19-20(23)22(21(27)28-19)15-6-9-17-18(12-15)26-13-25-17/h4-9,11-12H,2-3,10,13H2,1H3/b19-11-. The molecule has 0 N–H and O–H groups in total.